The second kappa shape index (κ2) is 11.7. The number of fused-ring (bicyclic) bond motifs is 1. The van der Waals surface area contributed by atoms with E-state index in [1.807, 2.05) is 0 Å². The quantitative estimate of drug-likeness (QED) is 0.565. The molecule has 3 atom stereocenters. The number of halogens is 1. The van der Waals surface area contributed by atoms with E-state index in [2.05, 4.69) is 36.5 Å². The number of piperazine rings is 1. The number of ether oxygens (including phenoxy) is 1. The van der Waals surface area contributed by atoms with Crippen LogP contribution < -0.4 is 20.3 Å². The van der Waals surface area contributed by atoms with E-state index < -0.39 is 0 Å². The highest BCUT2D eigenvalue weighted by Crippen LogP contribution is 2.37. The summed E-state index contributed by atoms with van der Waals surface area (Å²) in [4.78, 5) is 26.8. The molecule has 0 radical (unpaired) electrons. The van der Waals surface area contributed by atoms with Crippen molar-refractivity contribution in [3.05, 3.63) is 46.9 Å². The van der Waals surface area contributed by atoms with Crippen molar-refractivity contribution in [2.75, 3.05) is 44.2 Å². The number of nitrogens with zero attached hydrogens (tertiary/aromatic N) is 5. The van der Waals surface area contributed by atoms with Gasteiger partial charge in [-0.25, -0.2) is 9.97 Å². The van der Waals surface area contributed by atoms with Gasteiger partial charge < -0.3 is 20.3 Å². The Kier molecular flexibility index (Phi) is 7.87. The molecule has 2 aromatic rings. The summed E-state index contributed by atoms with van der Waals surface area (Å²) in [5, 5.41) is 16.1. The molecular formula is C29H36ClN7O2. The molecule has 6 rings (SSSR count). The van der Waals surface area contributed by atoms with E-state index in [-0.39, 0.29) is 18.1 Å². The van der Waals surface area contributed by atoms with Crippen molar-refractivity contribution < 1.29 is 9.53 Å². The first-order chi connectivity index (χ1) is 19.1. The van der Waals surface area contributed by atoms with Crippen LogP contribution in [-0.4, -0.2) is 78.2 Å². The normalized spacial score (nSPS) is 29.0. The summed E-state index contributed by atoms with van der Waals surface area (Å²) < 4.78 is 6.06. The molecule has 0 unspecified atom stereocenters. The van der Waals surface area contributed by atoms with Crippen molar-refractivity contribution in [3.63, 3.8) is 0 Å². The molecule has 206 valence electrons. The van der Waals surface area contributed by atoms with Gasteiger partial charge in [0.25, 0.3) is 5.91 Å². The monoisotopic (exact) mass is 549 g/mol. The van der Waals surface area contributed by atoms with Gasteiger partial charge in [0.05, 0.1) is 29.1 Å². The van der Waals surface area contributed by atoms with Crippen LogP contribution >= 0.6 is 11.6 Å². The number of carbonyl (C=O) groups excluding carboxylic acids is 1. The third-order valence-electron chi connectivity index (χ3n) is 9.03. The van der Waals surface area contributed by atoms with Gasteiger partial charge >= 0.3 is 0 Å². The predicted molar refractivity (Wildman–Crippen MR) is 149 cm³/mol. The number of aromatic nitrogens is 2. The number of hydrogen-bond acceptors (Lipinski definition) is 8. The SMILES string of the molecule is N#Cc1ccc(O[C@H]2CC[C@H](NC(=O)c3cnc(N4CCN([C@@H]5C[C@H]6CNC[C@H]6C5)CC4)cn3)CC2)cc1Cl. The molecule has 1 amide bonds. The van der Waals surface area contributed by atoms with Gasteiger partial charge in [0.1, 0.15) is 23.3 Å². The van der Waals surface area contributed by atoms with E-state index in [9.17, 15) is 4.79 Å². The van der Waals surface area contributed by atoms with Crippen LogP contribution in [0.2, 0.25) is 5.02 Å². The Balaban J connectivity index is 0.939. The van der Waals surface area contributed by atoms with Crippen molar-refractivity contribution in [1.82, 2.24) is 25.5 Å². The Morgan fingerprint density at radius 3 is 2.44 bits per heavy atom. The maximum absolute atomic E-state index is 12.8. The van der Waals surface area contributed by atoms with Crippen LogP contribution in [-0.2, 0) is 0 Å². The third-order valence-corrected chi connectivity index (χ3v) is 9.34. The molecule has 9 nitrogen and oxygen atoms in total. The molecule has 2 saturated carbocycles. The molecule has 39 heavy (non-hydrogen) atoms. The smallest absolute Gasteiger partial charge is 0.271 e. The molecule has 1 aromatic carbocycles. The van der Waals surface area contributed by atoms with Crippen molar-refractivity contribution in [3.8, 4) is 11.8 Å². The Morgan fingerprint density at radius 1 is 1.05 bits per heavy atom. The predicted octanol–water partition coefficient (Wildman–Crippen LogP) is 3.24. The summed E-state index contributed by atoms with van der Waals surface area (Å²) >= 11 is 6.12. The summed E-state index contributed by atoms with van der Waals surface area (Å²) in [7, 11) is 0. The van der Waals surface area contributed by atoms with Gasteiger partial charge in [-0.1, -0.05) is 11.6 Å². The third kappa shape index (κ3) is 5.98. The van der Waals surface area contributed by atoms with Gasteiger partial charge in [0.15, 0.2) is 0 Å². The molecule has 1 aromatic heterocycles. The molecule has 3 heterocycles. The standard InChI is InChI=1S/C29H36ClN7O2/c30-26-13-25(4-1-19(26)14-31)39-24-5-2-22(3-6-24)35-29(38)27-17-34-28(18-33-27)37-9-7-36(8-10-37)23-11-20-15-32-16-21(20)12-23/h1,4,13,17-18,20-24,32H,2-3,5-12,15-16H2,(H,35,38)/t20-,21+,22-,23+,24-. The lowest BCUT2D eigenvalue weighted by molar-refractivity contribution is 0.0888. The average molecular weight is 550 g/mol. The Labute approximate surface area is 234 Å². The average Bonchev–Trinajstić information content (AvgIpc) is 3.58. The molecule has 10 heteroatoms. The zero-order chi connectivity index (χ0) is 26.8. The molecule has 0 spiro atoms. The van der Waals surface area contributed by atoms with Crippen LogP contribution in [0.1, 0.15) is 54.6 Å². The van der Waals surface area contributed by atoms with E-state index >= 15 is 0 Å². The number of amides is 1. The second-order valence-corrected chi connectivity index (χ2v) is 11.8. The van der Waals surface area contributed by atoms with Gasteiger partial charge in [0, 0.05) is 44.3 Å². The number of nitrogens with one attached hydrogen (secondary N) is 2. The van der Waals surface area contributed by atoms with Gasteiger partial charge in [0.2, 0.25) is 0 Å². The van der Waals surface area contributed by atoms with Crippen molar-refractivity contribution in [2.45, 2.75) is 56.7 Å². The highest BCUT2D eigenvalue weighted by molar-refractivity contribution is 6.31. The van der Waals surface area contributed by atoms with Gasteiger partial charge in [-0.05, 0) is 75.6 Å². The van der Waals surface area contributed by atoms with Gasteiger partial charge in [-0.15, -0.1) is 0 Å². The second-order valence-electron chi connectivity index (χ2n) is 11.4. The lowest BCUT2D eigenvalue weighted by atomic mass is 9.93. The number of rotatable bonds is 6. The van der Waals surface area contributed by atoms with Crippen LogP contribution in [0.3, 0.4) is 0 Å². The summed E-state index contributed by atoms with van der Waals surface area (Å²) in [6.07, 6.45) is 9.40. The lowest BCUT2D eigenvalue weighted by Gasteiger charge is -2.38. The molecular weight excluding hydrogens is 514 g/mol. The van der Waals surface area contributed by atoms with Gasteiger partial charge in [-0.2, -0.15) is 5.26 Å². The molecule has 2 aliphatic heterocycles. The summed E-state index contributed by atoms with van der Waals surface area (Å²) in [5.41, 5.74) is 0.794. The number of anilines is 1. The highest BCUT2D eigenvalue weighted by Gasteiger charge is 2.40. The minimum atomic E-state index is -0.177. The topological polar surface area (TPSA) is 106 Å². The zero-order valence-corrected chi connectivity index (χ0v) is 22.9. The van der Waals surface area contributed by atoms with Crippen LogP contribution in [0.15, 0.2) is 30.6 Å². The molecule has 2 N–H and O–H groups in total. The fourth-order valence-corrected chi connectivity index (χ4v) is 7.00. The Morgan fingerprint density at radius 2 is 1.79 bits per heavy atom. The Bertz CT molecular complexity index is 1190. The molecule has 4 aliphatic rings. The minimum absolute atomic E-state index is 0.0620. The van der Waals surface area contributed by atoms with Crippen LogP contribution in [0.25, 0.3) is 0 Å². The molecule has 4 fully saturated rings. The first kappa shape index (κ1) is 26.3. The number of hydrogen-bond donors (Lipinski definition) is 2. The Hall–Kier alpha value is -2.93. The maximum Gasteiger partial charge on any atom is 0.271 e. The zero-order valence-electron chi connectivity index (χ0n) is 22.2. The highest BCUT2D eigenvalue weighted by atomic mass is 35.5. The van der Waals surface area contributed by atoms with Gasteiger partial charge in [-0.3, -0.25) is 9.69 Å². The van der Waals surface area contributed by atoms with Crippen LogP contribution in [0.5, 0.6) is 5.75 Å². The van der Waals surface area contributed by atoms with E-state index in [1.54, 1.807) is 30.6 Å². The first-order valence-corrected chi connectivity index (χ1v) is 14.6. The lowest BCUT2D eigenvalue weighted by Crippen LogP contribution is -2.50. The summed E-state index contributed by atoms with van der Waals surface area (Å²) in [6, 6.07) is 8.02. The summed E-state index contributed by atoms with van der Waals surface area (Å²) in [5.74, 6) is 3.08. The van der Waals surface area contributed by atoms with Crippen LogP contribution in [0, 0.1) is 23.2 Å². The summed E-state index contributed by atoms with van der Waals surface area (Å²) in [6.45, 7) is 6.41. The van der Waals surface area contributed by atoms with E-state index in [0.717, 1.165) is 75.6 Å². The fourth-order valence-electron chi connectivity index (χ4n) is 6.79. The van der Waals surface area contributed by atoms with Crippen molar-refractivity contribution in [2.24, 2.45) is 11.8 Å². The van der Waals surface area contributed by atoms with E-state index in [1.165, 1.54) is 25.9 Å². The largest absolute Gasteiger partial charge is 0.490 e. The van der Waals surface area contributed by atoms with E-state index in [0.29, 0.717) is 22.0 Å². The van der Waals surface area contributed by atoms with E-state index in [4.69, 9.17) is 21.6 Å². The first-order valence-electron chi connectivity index (χ1n) is 14.2. The van der Waals surface area contributed by atoms with Crippen LogP contribution in [0.4, 0.5) is 5.82 Å². The number of carbonyl (C=O) groups is 1. The number of benzene rings is 1. The molecule has 2 aliphatic carbocycles. The number of nitriles is 1. The molecule has 2 saturated heterocycles. The van der Waals surface area contributed by atoms with Crippen molar-refractivity contribution in [1.29, 1.82) is 5.26 Å². The maximum atomic E-state index is 12.8. The van der Waals surface area contributed by atoms with Crippen molar-refractivity contribution >= 4 is 23.3 Å². The fraction of sp³-hybridized carbons (Fsp3) is 0.586. The molecule has 0 bridgehead atoms. The minimum Gasteiger partial charge on any atom is -0.490 e.